The number of allylic oxidation sites excluding steroid dienone is 2. The van der Waals surface area contributed by atoms with Crippen molar-refractivity contribution in [3.63, 3.8) is 0 Å². The first-order chi connectivity index (χ1) is 9.95. The SMILES string of the molecule is C(C=Cc1ccccc1)=Cc1ccccc1.CC(C)(C)[NH-].[SiH4].[Ti]. The van der Waals surface area contributed by atoms with Gasteiger partial charge in [0.05, 0.1) is 0 Å². The first-order valence-electron chi connectivity index (χ1n) is 7.15. The molecule has 0 saturated heterocycles. The first kappa shape index (κ1) is 24.1. The molecule has 0 heterocycles. The summed E-state index contributed by atoms with van der Waals surface area (Å²) in [6.45, 7) is 5.56. The fourth-order valence-electron chi connectivity index (χ4n) is 1.46. The maximum Gasteiger partial charge on any atom is 0 e. The molecule has 0 aliphatic rings. The van der Waals surface area contributed by atoms with Gasteiger partial charge >= 0.3 is 0 Å². The molecule has 0 unspecified atom stereocenters. The summed E-state index contributed by atoms with van der Waals surface area (Å²) in [5, 5.41) is 0. The van der Waals surface area contributed by atoms with Crippen LogP contribution in [0.3, 0.4) is 0 Å². The molecule has 0 aromatic heterocycles. The van der Waals surface area contributed by atoms with Crippen molar-refractivity contribution in [2.45, 2.75) is 26.3 Å². The molecule has 0 fully saturated rings. The quantitative estimate of drug-likeness (QED) is 0.556. The van der Waals surface area contributed by atoms with Crippen LogP contribution in [0.15, 0.2) is 72.8 Å². The summed E-state index contributed by atoms with van der Waals surface area (Å²) in [6, 6.07) is 20.6. The summed E-state index contributed by atoms with van der Waals surface area (Å²) in [7, 11) is 0. The number of rotatable bonds is 3. The fourth-order valence-corrected chi connectivity index (χ4v) is 1.46. The largest absolute Gasteiger partial charge is 0.673 e. The van der Waals surface area contributed by atoms with Gasteiger partial charge in [-0.2, -0.15) is 0 Å². The van der Waals surface area contributed by atoms with Gasteiger partial charge in [-0.05, 0) is 22.1 Å². The second-order valence-electron chi connectivity index (χ2n) is 5.79. The van der Waals surface area contributed by atoms with Crippen molar-refractivity contribution in [1.29, 1.82) is 0 Å². The van der Waals surface area contributed by atoms with E-state index in [1.807, 2.05) is 57.2 Å². The van der Waals surface area contributed by atoms with Crippen molar-refractivity contribution in [3.05, 3.63) is 89.7 Å². The third kappa shape index (κ3) is 15.5. The molecule has 0 saturated carbocycles. The average Bonchev–Trinajstić information content (AvgIpc) is 2.44. The standard InChI is InChI=1S/C16H14.C4H10N.H4Si.Ti/c1-3-9-15(10-4-1)13-7-8-14-16-11-5-2-6-12-16;1-4(2,3)5;;/h1-14H;5H,1-3H3;1H4;/q;-1;;. The van der Waals surface area contributed by atoms with Crippen LogP contribution >= 0.6 is 0 Å². The number of hydrogen-bond donors (Lipinski definition) is 0. The van der Waals surface area contributed by atoms with Gasteiger partial charge in [-0.3, -0.25) is 0 Å². The van der Waals surface area contributed by atoms with Crippen LogP contribution in [-0.4, -0.2) is 16.5 Å². The average molecular weight is 358 g/mol. The maximum atomic E-state index is 6.94. The van der Waals surface area contributed by atoms with Gasteiger partial charge in [0.25, 0.3) is 0 Å². The maximum absolute atomic E-state index is 6.94. The van der Waals surface area contributed by atoms with E-state index in [-0.39, 0.29) is 38.2 Å². The Morgan fingerprint density at radius 1 is 0.696 bits per heavy atom. The van der Waals surface area contributed by atoms with Crippen LogP contribution in [0.5, 0.6) is 0 Å². The smallest absolute Gasteiger partial charge is 0 e. The minimum atomic E-state index is -0.250. The van der Waals surface area contributed by atoms with Crippen LogP contribution in [-0.2, 0) is 21.7 Å². The predicted molar refractivity (Wildman–Crippen MR) is 106 cm³/mol. The van der Waals surface area contributed by atoms with Crippen LogP contribution in [0, 0.1) is 0 Å². The minimum Gasteiger partial charge on any atom is -0.673 e. The monoisotopic (exact) mass is 358 g/mol. The van der Waals surface area contributed by atoms with E-state index in [4.69, 9.17) is 5.73 Å². The van der Waals surface area contributed by atoms with Gasteiger partial charge in [-0.1, -0.05) is 106 Å². The summed E-state index contributed by atoms with van der Waals surface area (Å²) in [5.41, 5.74) is 9.13. The molecule has 122 valence electrons. The summed E-state index contributed by atoms with van der Waals surface area (Å²) in [4.78, 5) is 0. The Labute approximate surface area is 160 Å². The molecule has 3 heteroatoms. The third-order valence-electron chi connectivity index (χ3n) is 2.29. The zero-order valence-corrected chi connectivity index (χ0v) is 15.1. The Bertz CT molecular complexity index is 504. The van der Waals surface area contributed by atoms with Crippen molar-refractivity contribution < 1.29 is 21.7 Å². The van der Waals surface area contributed by atoms with E-state index < -0.39 is 0 Å². The molecule has 0 amide bonds. The molecule has 23 heavy (non-hydrogen) atoms. The van der Waals surface area contributed by atoms with Gasteiger partial charge in [0.2, 0.25) is 0 Å². The molecule has 0 radical (unpaired) electrons. The predicted octanol–water partition coefficient (Wildman–Crippen LogP) is 4.80. The molecule has 2 aromatic carbocycles. The normalized spacial score (nSPS) is 10.4. The molecule has 0 aliphatic carbocycles. The number of hydrogen-bond acceptors (Lipinski definition) is 0. The Hall–Kier alpha value is -1.19. The summed E-state index contributed by atoms with van der Waals surface area (Å²) >= 11 is 0. The van der Waals surface area contributed by atoms with E-state index in [0.717, 1.165) is 0 Å². The van der Waals surface area contributed by atoms with E-state index in [2.05, 4.69) is 48.6 Å². The second kappa shape index (κ2) is 13.3. The molecular formula is C20H28NSiTi-. The van der Waals surface area contributed by atoms with Gasteiger partial charge < -0.3 is 5.73 Å². The van der Waals surface area contributed by atoms with Crippen LogP contribution < -0.4 is 0 Å². The Balaban J connectivity index is 0. The number of nitrogens with one attached hydrogen (secondary N) is 1. The van der Waals surface area contributed by atoms with Crippen molar-refractivity contribution in [1.82, 2.24) is 0 Å². The second-order valence-corrected chi connectivity index (χ2v) is 5.79. The molecule has 2 aromatic rings. The van der Waals surface area contributed by atoms with Gasteiger partial charge in [0, 0.05) is 21.7 Å². The van der Waals surface area contributed by atoms with Gasteiger partial charge in [-0.15, -0.1) is 5.54 Å². The zero-order chi connectivity index (χ0) is 15.6. The first-order valence-corrected chi connectivity index (χ1v) is 7.15. The molecule has 0 aliphatic heterocycles. The van der Waals surface area contributed by atoms with Crippen molar-refractivity contribution in [2.75, 3.05) is 0 Å². The van der Waals surface area contributed by atoms with Crippen LogP contribution in [0.1, 0.15) is 31.9 Å². The van der Waals surface area contributed by atoms with Gasteiger partial charge in [0.1, 0.15) is 0 Å². The zero-order valence-electron chi connectivity index (χ0n) is 13.6. The molecule has 0 atom stereocenters. The van der Waals surface area contributed by atoms with E-state index in [0.29, 0.717) is 0 Å². The summed E-state index contributed by atoms with van der Waals surface area (Å²) in [6.07, 6.45) is 8.31. The van der Waals surface area contributed by atoms with Crippen LogP contribution in [0.4, 0.5) is 0 Å². The third-order valence-corrected chi connectivity index (χ3v) is 2.29. The van der Waals surface area contributed by atoms with Gasteiger partial charge in [0.15, 0.2) is 0 Å². The van der Waals surface area contributed by atoms with E-state index in [1.165, 1.54) is 11.1 Å². The Morgan fingerprint density at radius 2 is 0.957 bits per heavy atom. The number of benzene rings is 2. The molecular weight excluding hydrogens is 330 g/mol. The van der Waals surface area contributed by atoms with Gasteiger partial charge in [-0.25, -0.2) is 0 Å². The Kier molecular flexibility index (Phi) is 13.9. The molecule has 2 rings (SSSR count). The van der Waals surface area contributed by atoms with Crippen LogP contribution in [0.2, 0.25) is 0 Å². The summed E-state index contributed by atoms with van der Waals surface area (Å²) in [5.74, 6) is 0. The minimum absolute atomic E-state index is 0. The summed E-state index contributed by atoms with van der Waals surface area (Å²) < 4.78 is 0. The van der Waals surface area contributed by atoms with E-state index in [1.54, 1.807) is 0 Å². The molecule has 0 bridgehead atoms. The molecule has 0 spiro atoms. The Morgan fingerprint density at radius 3 is 1.22 bits per heavy atom. The van der Waals surface area contributed by atoms with Crippen molar-refractivity contribution in [3.8, 4) is 0 Å². The van der Waals surface area contributed by atoms with Crippen molar-refractivity contribution >= 4 is 23.1 Å². The fraction of sp³-hybridized carbons (Fsp3) is 0.200. The molecule has 1 nitrogen and oxygen atoms in total. The van der Waals surface area contributed by atoms with E-state index >= 15 is 0 Å². The molecule has 1 N–H and O–H groups in total. The topological polar surface area (TPSA) is 23.8 Å². The van der Waals surface area contributed by atoms with Crippen molar-refractivity contribution in [2.24, 2.45) is 0 Å². The van der Waals surface area contributed by atoms with E-state index in [9.17, 15) is 0 Å². The van der Waals surface area contributed by atoms with Crippen LogP contribution in [0.25, 0.3) is 17.9 Å².